The van der Waals surface area contributed by atoms with Gasteiger partial charge in [0.15, 0.2) is 0 Å². The Bertz CT molecular complexity index is 1210. The van der Waals surface area contributed by atoms with E-state index in [4.69, 9.17) is 21.3 Å². The van der Waals surface area contributed by atoms with Crippen LogP contribution in [0.5, 0.6) is 0 Å². The topological polar surface area (TPSA) is 144 Å². The van der Waals surface area contributed by atoms with Crippen molar-refractivity contribution in [1.29, 1.82) is 0 Å². The highest BCUT2D eigenvalue weighted by molar-refractivity contribution is 6.76. The average molecular weight is 564 g/mol. The Morgan fingerprint density at radius 3 is 2.74 bits per heavy atom. The van der Waals surface area contributed by atoms with Crippen LogP contribution in [0, 0.1) is 0 Å². The van der Waals surface area contributed by atoms with Gasteiger partial charge in [-0.3, -0.25) is 14.7 Å². The van der Waals surface area contributed by atoms with Gasteiger partial charge in [0, 0.05) is 32.4 Å². The molecule has 0 radical (unpaired) electrons. The fourth-order valence-electron chi connectivity index (χ4n) is 3.80. The third kappa shape index (κ3) is 8.07. The first-order valence-corrected chi connectivity index (χ1v) is 16.3. The highest BCUT2D eigenvalue weighted by Gasteiger charge is 2.27. The van der Waals surface area contributed by atoms with Gasteiger partial charge < -0.3 is 25.2 Å². The van der Waals surface area contributed by atoms with Crippen LogP contribution in [0.25, 0.3) is 11.3 Å². The molecule has 1 atom stereocenters. The second-order valence-electron chi connectivity index (χ2n) is 10.1. The lowest BCUT2D eigenvalue weighted by Crippen LogP contribution is -2.29. The zero-order chi connectivity index (χ0) is 27.9. The molecule has 3 rings (SSSR count). The maximum Gasteiger partial charge on any atom is 0.411 e. The van der Waals surface area contributed by atoms with Crippen molar-refractivity contribution in [2.75, 3.05) is 24.4 Å². The number of ether oxygens (including phenoxy) is 2. The van der Waals surface area contributed by atoms with Crippen molar-refractivity contribution in [1.82, 2.24) is 14.9 Å². The maximum absolute atomic E-state index is 12.7. The Morgan fingerprint density at radius 2 is 2.05 bits per heavy atom. The molecule has 0 spiro atoms. The van der Waals surface area contributed by atoms with Gasteiger partial charge in [-0.2, -0.15) is 0 Å². The molecule has 1 aromatic carbocycles. The minimum atomic E-state index is -1.33. The number of benzene rings is 1. The number of aromatic nitrogens is 2. The van der Waals surface area contributed by atoms with E-state index in [1.54, 1.807) is 22.8 Å². The van der Waals surface area contributed by atoms with Crippen LogP contribution in [0.3, 0.4) is 0 Å². The summed E-state index contributed by atoms with van der Waals surface area (Å²) in [5.41, 5.74) is 1.63. The molecule has 4 N–H and O–H groups in total. The molecule has 1 aromatic heterocycles. The molecule has 13 heteroatoms. The number of nitrogens with one attached hydrogen (secondary N) is 3. The molecule has 0 unspecified atom stereocenters. The van der Waals surface area contributed by atoms with Crippen molar-refractivity contribution in [2.24, 2.45) is 0 Å². The van der Waals surface area contributed by atoms with Gasteiger partial charge in [0.2, 0.25) is 5.91 Å². The lowest BCUT2D eigenvalue weighted by molar-refractivity contribution is -0.116. The van der Waals surface area contributed by atoms with E-state index in [9.17, 15) is 19.5 Å². The predicted molar refractivity (Wildman–Crippen MR) is 148 cm³/mol. The third-order valence-electron chi connectivity index (χ3n) is 5.82. The molecule has 0 aliphatic carbocycles. The second-order valence-corrected chi connectivity index (χ2v) is 16.0. The van der Waals surface area contributed by atoms with E-state index in [1.807, 2.05) is 12.2 Å². The van der Waals surface area contributed by atoms with Crippen LogP contribution in [0.1, 0.15) is 31.1 Å². The van der Waals surface area contributed by atoms with Gasteiger partial charge in [0.1, 0.15) is 23.4 Å². The Kier molecular flexibility index (Phi) is 9.94. The number of methoxy groups -OCH3 is 1. The van der Waals surface area contributed by atoms with E-state index in [2.05, 4.69) is 40.3 Å². The molecule has 2 aromatic rings. The van der Waals surface area contributed by atoms with Crippen molar-refractivity contribution < 1.29 is 29.0 Å². The van der Waals surface area contributed by atoms with Gasteiger partial charge in [-0.15, -0.1) is 0 Å². The number of hydrogen-bond donors (Lipinski definition) is 4. The molecule has 2 bridgehead atoms. The number of carbonyl (C=O) groups is 3. The first-order chi connectivity index (χ1) is 18.0. The molecule has 0 saturated carbocycles. The smallest absolute Gasteiger partial charge is 0.411 e. The first-order valence-electron chi connectivity index (χ1n) is 12.3. The molecular formula is C25H34ClN5O6Si. The van der Waals surface area contributed by atoms with Gasteiger partial charge in [0.05, 0.1) is 18.8 Å². The van der Waals surface area contributed by atoms with Crippen LogP contribution >= 0.6 is 11.6 Å². The Balaban J connectivity index is 2.11. The summed E-state index contributed by atoms with van der Waals surface area (Å²) in [6, 6.07) is 5.14. The van der Waals surface area contributed by atoms with Crippen LogP contribution in [-0.4, -0.2) is 54.5 Å². The van der Waals surface area contributed by atoms with Crippen molar-refractivity contribution >= 4 is 49.1 Å². The Labute approximate surface area is 227 Å². The number of imidazole rings is 1. The largest absolute Gasteiger partial charge is 0.465 e. The summed E-state index contributed by atoms with van der Waals surface area (Å²) in [5, 5.41) is 17.7. The lowest BCUT2D eigenvalue weighted by atomic mass is 10.1. The van der Waals surface area contributed by atoms with E-state index in [-0.39, 0.29) is 24.2 Å². The van der Waals surface area contributed by atoms with Crippen LogP contribution in [-0.2, 0) is 21.0 Å². The number of nitrogens with zero attached hydrogens (tertiary/aromatic N) is 2. The molecule has 1 aliphatic heterocycles. The molecule has 0 saturated heterocycles. The summed E-state index contributed by atoms with van der Waals surface area (Å²) in [6.45, 7) is 7.37. The minimum Gasteiger partial charge on any atom is -0.465 e. The fraction of sp³-hybridized carbons (Fsp3) is 0.440. The average Bonchev–Trinajstić information content (AvgIpc) is 3.15. The normalized spacial score (nSPS) is 16.7. The number of rotatable bonds is 7. The maximum atomic E-state index is 12.7. The molecule has 11 nitrogen and oxygen atoms in total. The van der Waals surface area contributed by atoms with Crippen LogP contribution in [0.15, 0.2) is 30.4 Å². The summed E-state index contributed by atoms with van der Waals surface area (Å²) in [7, 11) is -0.0766. The minimum absolute atomic E-state index is 0.0802. The summed E-state index contributed by atoms with van der Waals surface area (Å²) < 4.78 is 12.3. The second kappa shape index (κ2) is 12.9. The van der Waals surface area contributed by atoms with Crippen LogP contribution in [0.4, 0.5) is 21.0 Å². The SMILES string of the molecule is COC(=O)Nc1ccc2c(c1)NC(=O)CC/C=C/C[C@H](NC(=O)O)c1nc-2c(Cl)n1COCC[Si](C)(C)C. The Morgan fingerprint density at radius 1 is 1.29 bits per heavy atom. The number of carboxylic acid groups (broad SMARTS) is 1. The first kappa shape index (κ1) is 29.2. The number of amides is 3. The third-order valence-corrected chi connectivity index (χ3v) is 7.91. The lowest BCUT2D eigenvalue weighted by Gasteiger charge is -2.19. The van der Waals surface area contributed by atoms with Gasteiger partial charge >= 0.3 is 12.2 Å². The van der Waals surface area contributed by atoms with E-state index < -0.39 is 26.3 Å². The summed E-state index contributed by atoms with van der Waals surface area (Å²) in [6.07, 6.45) is 2.76. The van der Waals surface area contributed by atoms with Crippen molar-refractivity contribution in [3.8, 4) is 11.3 Å². The summed E-state index contributed by atoms with van der Waals surface area (Å²) in [4.78, 5) is 40.8. The molecule has 0 fully saturated rings. The summed E-state index contributed by atoms with van der Waals surface area (Å²) in [5.74, 6) is 0.148. The number of carbonyl (C=O) groups excluding carboxylic acids is 2. The van der Waals surface area contributed by atoms with E-state index in [0.717, 1.165) is 6.04 Å². The van der Waals surface area contributed by atoms with Crippen molar-refractivity contribution in [3.05, 3.63) is 41.3 Å². The number of allylic oxidation sites excluding steroid dienone is 1. The van der Waals surface area contributed by atoms with Gasteiger partial charge in [-0.1, -0.05) is 43.4 Å². The van der Waals surface area contributed by atoms with Gasteiger partial charge in [-0.25, -0.2) is 14.6 Å². The summed E-state index contributed by atoms with van der Waals surface area (Å²) >= 11 is 6.85. The van der Waals surface area contributed by atoms with Gasteiger partial charge in [-0.05, 0) is 37.1 Å². The van der Waals surface area contributed by atoms with E-state index >= 15 is 0 Å². The van der Waals surface area contributed by atoms with Crippen molar-refractivity contribution in [3.63, 3.8) is 0 Å². The predicted octanol–water partition coefficient (Wildman–Crippen LogP) is 5.68. The zero-order valence-electron chi connectivity index (χ0n) is 22.0. The number of halogens is 1. The van der Waals surface area contributed by atoms with E-state index in [0.29, 0.717) is 47.9 Å². The van der Waals surface area contributed by atoms with Gasteiger partial charge in [0.25, 0.3) is 0 Å². The molecule has 1 aliphatic rings. The highest BCUT2D eigenvalue weighted by Crippen LogP contribution is 2.37. The number of hydrogen-bond acceptors (Lipinski definition) is 6. The molecule has 206 valence electrons. The molecule has 3 amide bonds. The monoisotopic (exact) mass is 563 g/mol. The zero-order valence-corrected chi connectivity index (χ0v) is 23.7. The van der Waals surface area contributed by atoms with E-state index in [1.165, 1.54) is 7.11 Å². The molecular weight excluding hydrogens is 530 g/mol. The van der Waals surface area contributed by atoms with Crippen LogP contribution in [0.2, 0.25) is 30.8 Å². The van der Waals surface area contributed by atoms with Crippen LogP contribution < -0.4 is 16.0 Å². The molecule has 38 heavy (non-hydrogen) atoms. The molecule has 2 heterocycles. The van der Waals surface area contributed by atoms with Crippen molar-refractivity contribution in [2.45, 2.75) is 57.7 Å². The number of fused-ring (bicyclic) bond motifs is 4. The standard InChI is InChI=1S/C25H34ClN5O6Si/c1-36-25(35)27-16-10-11-17-19(14-16)28-20(32)9-7-5-6-8-18(29-24(33)34)23-30-21(17)22(26)31(23)15-37-12-13-38(2,3)4/h5-6,10-11,14,18,29H,7-9,12-13,15H2,1-4H3,(H,27,35)(H,28,32)(H,33,34)/b6-5+/t18-/m0/s1. The number of anilines is 2. The fourth-order valence-corrected chi connectivity index (χ4v) is 4.84. The quantitative estimate of drug-likeness (QED) is 0.193. The Hall–Kier alpha value is -3.35. The highest BCUT2D eigenvalue weighted by atomic mass is 35.5.